The Kier molecular flexibility index (Phi) is 7.37. The summed E-state index contributed by atoms with van der Waals surface area (Å²) in [6.45, 7) is 8.69. The van der Waals surface area contributed by atoms with Crippen LogP contribution in [0.2, 0.25) is 0 Å². The minimum absolute atomic E-state index is 0.384. The quantitative estimate of drug-likeness (QED) is 0.664. The molecule has 1 aliphatic heterocycles. The van der Waals surface area contributed by atoms with Gasteiger partial charge in [0.2, 0.25) is 0 Å². The van der Waals surface area contributed by atoms with Crippen LogP contribution < -0.4 is 5.32 Å². The highest BCUT2D eigenvalue weighted by Crippen LogP contribution is 2.31. The van der Waals surface area contributed by atoms with Crippen molar-refractivity contribution in [3.63, 3.8) is 0 Å². The van der Waals surface area contributed by atoms with E-state index in [1.54, 1.807) is 0 Å². The lowest BCUT2D eigenvalue weighted by Crippen LogP contribution is -2.31. The van der Waals surface area contributed by atoms with Crippen molar-refractivity contribution >= 4 is 9.84 Å². The Labute approximate surface area is 119 Å². The van der Waals surface area contributed by atoms with E-state index in [1.165, 1.54) is 19.3 Å². The average Bonchev–Trinajstić information content (AvgIpc) is 2.74. The Balaban J connectivity index is 2.58. The monoisotopic (exact) mass is 289 g/mol. The maximum absolute atomic E-state index is 11.7. The standard InChI is InChI=1S/C15H31NO2S/c1-4-8-16-11-15(10-13(5-2)6-3)14-7-9-19(17,18)12-14/h13-16H,4-12H2,1-3H3. The summed E-state index contributed by atoms with van der Waals surface area (Å²) in [7, 11) is -2.75. The maximum Gasteiger partial charge on any atom is 0.150 e. The fraction of sp³-hybridized carbons (Fsp3) is 1.00. The second-order valence-corrected chi connectivity index (χ2v) is 8.27. The van der Waals surface area contributed by atoms with E-state index in [9.17, 15) is 8.42 Å². The summed E-state index contributed by atoms with van der Waals surface area (Å²) in [5, 5.41) is 3.50. The third-order valence-electron chi connectivity index (χ3n) is 4.56. The van der Waals surface area contributed by atoms with Crippen LogP contribution in [0.25, 0.3) is 0 Å². The highest BCUT2D eigenvalue weighted by molar-refractivity contribution is 7.91. The second-order valence-electron chi connectivity index (χ2n) is 6.05. The first-order valence-corrected chi connectivity index (χ1v) is 9.75. The molecule has 3 nitrogen and oxygen atoms in total. The fourth-order valence-electron chi connectivity index (χ4n) is 3.15. The lowest BCUT2D eigenvalue weighted by atomic mass is 9.82. The molecule has 2 atom stereocenters. The molecule has 1 saturated heterocycles. The van der Waals surface area contributed by atoms with E-state index in [-0.39, 0.29) is 0 Å². The highest BCUT2D eigenvalue weighted by Gasteiger charge is 2.34. The predicted molar refractivity (Wildman–Crippen MR) is 82.1 cm³/mol. The first kappa shape index (κ1) is 17.0. The van der Waals surface area contributed by atoms with Gasteiger partial charge in [-0.25, -0.2) is 8.42 Å². The molecule has 0 aromatic rings. The number of hydrogen-bond acceptors (Lipinski definition) is 3. The average molecular weight is 289 g/mol. The van der Waals surface area contributed by atoms with Crippen molar-refractivity contribution < 1.29 is 8.42 Å². The molecular weight excluding hydrogens is 258 g/mol. The zero-order valence-electron chi connectivity index (χ0n) is 12.8. The minimum atomic E-state index is -2.75. The van der Waals surface area contributed by atoms with Gasteiger partial charge in [0, 0.05) is 0 Å². The number of sulfone groups is 1. The Hall–Kier alpha value is -0.0900. The van der Waals surface area contributed by atoms with Crippen LogP contribution in [0.4, 0.5) is 0 Å². The van der Waals surface area contributed by atoms with E-state index in [4.69, 9.17) is 0 Å². The molecule has 1 aliphatic rings. The van der Waals surface area contributed by atoms with Crippen LogP contribution in [0, 0.1) is 17.8 Å². The van der Waals surface area contributed by atoms with Crippen LogP contribution in [0.3, 0.4) is 0 Å². The lowest BCUT2D eigenvalue weighted by Gasteiger charge is -2.27. The van der Waals surface area contributed by atoms with E-state index in [0.29, 0.717) is 23.3 Å². The van der Waals surface area contributed by atoms with Crippen molar-refractivity contribution in [2.75, 3.05) is 24.6 Å². The Morgan fingerprint density at radius 2 is 1.89 bits per heavy atom. The van der Waals surface area contributed by atoms with Crippen LogP contribution in [0.15, 0.2) is 0 Å². The second kappa shape index (κ2) is 8.25. The van der Waals surface area contributed by atoms with Gasteiger partial charge in [0.15, 0.2) is 9.84 Å². The molecule has 114 valence electrons. The van der Waals surface area contributed by atoms with Crippen LogP contribution >= 0.6 is 0 Å². The van der Waals surface area contributed by atoms with Crippen molar-refractivity contribution in [1.29, 1.82) is 0 Å². The molecule has 1 rings (SSSR count). The third-order valence-corrected chi connectivity index (χ3v) is 6.35. The molecule has 19 heavy (non-hydrogen) atoms. The van der Waals surface area contributed by atoms with Gasteiger partial charge in [0.25, 0.3) is 0 Å². The maximum atomic E-state index is 11.7. The minimum Gasteiger partial charge on any atom is -0.316 e. The summed E-state index contributed by atoms with van der Waals surface area (Å²) in [4.78, 5) is 0. The van der Waals surface area contributed by atoms with Crippen molar-refractivity contribution in [2.45, 2.75) is 52.9 Å². The zero-order chi connectivity index (χ0) is 14.3. The summed E-state index contributed by atoms with van der Waals surface area (Å²) < 4.78 is 23.4. The largest absolute Gasteiger partial charge is 0.316 e. The summed E-state index contributed by atoms with van der Waals surface area (Å²) in [5.41, 5.74) is 0. The van der Waals surface area contributed by atoms with Gasteiger partial charge in [-0.3, -0.25) is 0 Å². The summed E-state index contributed by atoms with van der Waals surface area (Å²) in [6.07, 6.45) is 5.62. The van der Waals surface area contributed by atoms with Crippen LogP contribution in [-0.2, 0) is 9.84 Å². The van der Waals surface area contributed by atoms with E-state index in [0.717, 1.165) is 31.8 Å². The van der Waals surface area contributed by atoms with E-state index >= 15 is 0 Å². The molecule has 0 bridgehead atoms. The van der Waals surface area contributed by atoms with Gasteiger partial charge in [-0.15, -0.1) is 0 Å². The number of nitrogens with one attached hydrogen (secondary N) is 1. The Morgan fingerprint density at radius 3 is 2.37 bits per heavy atom. The van der Waals surface area contributed by atoms with Crippen molar-refractivity contribution in [2.24, 2.45) is 17.8 Å². The normalized spacial score (nSPS) is 23.9. The van der Waals surface area contributed by atoms with Gasteiger partial charge in [-0.1, -0.05) is 33.6 Å². The van der Waals surface area contributed by atoms with Gasteiger partial charge < -0.3 is 5.32 Å². The van der Waals surface area contributed by atoms with Crippen LogP contribution in [0.1, 0.15) is 52.9 Å². The van der Waals surface area contributed by atoms with Crippen LogP contribution in [0.5, 0.6) is 0 Å². The van der Waals surface area contributed by atoms with Crippen LogP contribution in [-0.4, -0.2) is 33.0 Å². The first-order valence-electron chi connectivity index (χ1n) is 7.93. The smallest absolute Gasteiger partial charge is 0.150 e. The highest BCUT2D eigenvalue weighted by atomic mass is 32.2. The SMILES string of the molecule is CCCNCC(CC(CC)CC)C1CCS(=O)(=O)C1. The molecule has 1 N–H and O–H groups in total. The molecular formula is C15H31NO2S. The molecule has 0 aliphatic carbocycles. The van der Waals surface area contributed by atoms with Gasteiger partial charge in [0.1, 0.15) is 0 Å². The molecule has 0 saturated carbocycles. The van der Waals surface area contributed by atoms with E-state index in [1.807, 2.05) is 0 Å². The Bertz CT molecular complexity index is 336. The van der Waals surface area contributed by atoms with Crippen molar-refractivity contribution in [3.8, 4) is 0 Å². The topological polar surface area (TPSA) is 46.2 Å². The van der Waals surface area contributed by atoms with Crippen molar-refractivity contribution in [3.05, 3.63) is 0 Å². The van der Waals surface area contributed by atoms with Gasteiger partial charge >= 0.3 is 0 Å². The molecule has 2 unspecified atom stereocenters. The summed E-state index contributed by atoms with van der Waals surface area (Å²) in [5.74, 6) is 2.50. The molecule has 1 fully saturated rings. The van der Waals surface area contributed by atoms with Crippen molar-refractivity contribution in [1.82, 2.24) is 5.32 Å². The summed E-state index contributed by atoms with van der Waals surface area (Å²) >= 11 is 0. The molecule has 1 heterocycles. The zero-order valence-corrected chi connectivity index (χ0v) is 13.6. The number of hydrogen-bond donors (Lipinski definition) is 1. The molecule has 0 radical (unpaired) electrons. The number of rotatable bonds is 9. The molecule has 0 aromatic heterocycles. The summed E-state index contributed by atoms with van der Waals surface area (Å²) in [6, 6.07) is 0. The van der Waals surface area contributed by atoms with Gasteiger partial charge in [0.05, 0.1) is 11.5 Å². The third kappa shape index (κ3) is 5.82. The van der Waals surface area contributed by atoms with E-state index in [2.05, 4.69) is 26.1 Å². The predicted octanol–water partition coefficient (Wildman–Crippen LogP) is 2.86. The lowest BCUT2D eigenvalue weighted by molar-refractivity contribution is 0.267. The first-order chi connectivity index (χ1) is 9.02. The van der Waals surface area contributed by atoms with Gasteiger partial charge in [-0.2, -0.15) is 0 Å². The fourth-order valence-corrected chi connectivity index (χ4v) is 5.07. The Morgan fingerprint density at radius 1 is 1.21 bits per heavy atom. The molecule has 0 amide bonds. The van der Waals surface area contributed by atoms with Gasteiger partial charge in [-0.05, 0) is 50.1 Å². The molecule has 0 spiro atoms. The van der Waals surface area contributed by atoms with E-state index < -0.39 is 9.84 Å². The molecule has 4 heteroatoms. The molecule has 0 aromatic carbocycles.